The topological polar surface area (TPSA) is 46.2 Å². The Kier molecular flexibility index (Phi) is 6.13. The molecule has 3 nitrogen and oxygen atoms in total. The van der Waals surface area contributed by atoms with Gasteiger partial charge in [0.05, 0.1) is 5.25 Å². The summed E-state index contributed by atoms with van der Waals surface area (Å²) >= 11 is 0. The highest BCUT2D eigenvalue weighted by atomic mass is 32.2. The van der Waals surface area contributed by atoms with Gasteiger partial charge in [0, 0.05) is 12.3 Å². The summed E-state index contributed by atoms with van der Waals surface area (Å²) in [5.41, 5.74) is 1.14. The Hall–Kier alpha value is -0.350. The monoisotopic (exact) mass is 233 g/mol. The molecule has 0 saturated carbocycles. The van der Waals surface area contributed by atoms with Gasteiger partial charge in [0.2, 0.25) is 0 Å². The summed E-state index contributed by atoms with van der Waals surface area (Å²) in [6.45, 7) is 8.62. The quantitative estimate of drug-likeness (QED) is 0.711. The zero-order valence-electron chi connectivity index (χ0n) is 10.4. The maximum absolute atomic E-state index is 11.4. The van der Waals surface area contributed by atoms with E-state index in [0.29, 0.717) is 0 Å². The van der Waals surface area contributed by atoms with Crippen LogP contribution in [0.1, 0.15) is 34.1 Å². The molecular weight excluding hydrogens is 210 g/mol. The van der Waals surface area contributed by atoms with Crippen molar-refractivity contribution >= 4 is 9.84 Å². The van der Waals surface area contributed by atoms with Crippen LogP contribution in [0.25, 0.3) is 0 Å². The Bertz CT molecular complexity index is 303. The van der Waals surface area contributed by atoms with Crippen molar-refractivity contribution in [3.63, 3.8) is 0 Å². The molecule has 0 aromatic heterocycles. The molecule has 0 bridgehead atoms. The number of hydrogen-bond acceptors (Lipinski definition) is 3. The van der Waals surface area contributed by atoms with Crippen LogP contribution in [0.3, 0.4) is 0 Å². The van der Waals surface area contributed by atoms with E-state index < -0.39 is 9.84 Å². The molecule has 2 atom stereocenters. The Labute approximate surface area is 93.9 Å². The van der Waals surface area contributed by atoms with Crippen LogP contribution in [-0.4, -0.2) is 32.5 Å². The molecule has 0 radical (unpaired) electrons. The van der Waals surface area contributed by atoms with Crippen molar-refractivity contribution in [1.82, 2.24) is 5.32 Å². The van der Waals surface area contributed by atoms with Crippen LogP contribution in [0.15, 0.2) is 11.6 Å². The van der Waals surface area contributed by atoms with Gasteiger partial charge in [-0.15, -0.1) is 0 Å². The van der Waals surface area contributed by atoms with Gasteiger partial charge in [0.15, 0.2) is 9.84 Å². The van der Waals surface area contributed by atoms with E-state index in [1.54, 1.807) is 6.92 Å². The Morgan fingerprint density at radius 2 is 1.93 bits per heavy atom. The maximum atomic E-state index is 11.4. The van der Waals surface area contributed by atoms with Crippen LogP contribution in [0.5, 0.6) is 0 Å². The number of allylic oxidation sites excluding steroid dienone is 1. The predicted octanol–water partition coefficient (Wildman–Crippen LogP) is 1.75. The highest BCUT2D eigenvalue weighted by Crippen LogP contribution is 2.08. The zero-order valence-corrected chi connectivity index (χ0v) is 11.2. The highest BCUT2D eigenvalue weighted by Gasteiger charge is 2.23. The first-order chi connectivity index (χ1) is 6.79. The second kappa shape index (κ2) is 6.28. The Morgan fingerprint density at radius 3 is 2.27 bits per heavy atom. The molecule has 0 fully saturated rings. The molecule has 0 aromatic carbocycles. The SMILES string of the molecule is CCCNC(C=C(C)C)C(C)S(C)(=O)=O. The lowest BCUT2D eigenvalue weighted by Crippen LogP contribution is -2.41. The fourth-order valence-corrected chi connectivity index (χ4v) is 2.00. The molecule has 0 aliphatic carbocycles. The van der Waals surface area contributed by atoms with Gasteiger partial charge in [-0.25, -0.2) is 8.42 Å². The van der Waals surface area contributed by atoms with Crippen LogP contribution in [0, 0.1) is 0 Å². The van der Waals surface area contributed by atoms with E-state index in [4.69, 9.17) is 0 Å². The first-order valence-corrected chi connectivity index (χ1v) is 7.31. The molecule has 0 rings (SSSR count). The normalized spacial score (nSPS) is 15.8. The number of rotatable bonds is 6. The molecule has 0 aromatic rings. The lowest BCUT2D eigenvalue weighted by molar-refractivity contribution is 0.538. The molecule has 2 unspecified atom stereocenters. The molecule has 0 aliphatic heterocycles. The van der Waals surface area contributed by atoms with Gasteiger partial charge in [-0.1, -0.05) is 18.6 Å². The lowest BCUT2D eigenvalue weighted by atomic mass is 10.1. The van der Waals surface area contributed by atoms with Crippen molar-refractivity contribution in [1.29, 1.82) is 0 Å². The molecule has 4 heteroatoms. The summed E-state index contributed by atoms with van der Waals surface area (Å²) in [4.78, 5) is 0. The van der Waals surface area contributed by atoms with Gasteiger partial charge in [0.1, 0.15) is 0 Å². The molecule has 15 heavy (non-hydrogen) atoms. The van der Waals surface area contributed by atoms with E-state index in [1.165, 1.54) is 6.26 Å². The first kappa shape index (κ1) is 14.6. The van der Waals surface area contributed by atoms with E-state index in [0.717, 1.165) is 18.5 Å². The van der Waals surface area contributed by atoms with Crippen molar-refractivity contribution in [2.75, 3.05) is 12.8 Å². The highest BCUT2D eigenvalue weighted by molar-refractivity contribution is 7.91. The predicted molar refractivity (Wildman–Crippen MR) is 65.8 cm³/mol. The van der Waals surface area contributed by atoms with E-state index in [9.17, 15) is 8.42 Å². The third-order valence-electron chi connectivity index (χ3n) is 2.32. The van der Waals surface area contributed by atoms with Gasteiger partial charge < -0.3 is 5.32 Å². The molecule has 0 spiro atoms. The van der Waals surface area contributed by atoms with Crippen molar-refractivity contribution in [2.45, 2.75) is 45.4 Å². The van der Waals surface area contributed by atoms with Crippen LogP contribution < -0.4 is 5.32 Å². The summed E-state index contributed by atoms with van der Waals surface area (Å²) in [7, 11) is -2.99. The van der Waals surface area contributed by atoms with Crippen molar-refractivity contribution < 1.29 is 8.42 Å². The van der Waals surface area contributed by atoms with Crippen molar-refractivity contribution in [2.24, 2.45) is 0 Å². The zero-order chi connectivity index (χ0) is 12.1. The average molecular weight is 233 g/mol. The molecule has 1 N–H and O–H groups in total. The molecule has 0 amide bonds. The van der Waals surface area contributed by atoms with Gasteiger partial charge >= 0.3 is 0 Å². The molecule has 0 heterocycles. The minimum absolute atomic E-state index is 0.0788. The Morgan fingerprint density at radius 1 is 1.40 bits per heavy atom. The van der Waals surface area contributed by atoms with Gasteiger partial charge in [0.25, 0.3) is 0 Å². The van der Waals surface area contributed by atoms with E-state index in [1.807, 2.05) is 19.9 Å². The smallest absolute Gasteiger partial charge is 0.151 e. The third kappa shape index (κ3) is 5.95. The minimum Gasteiger partial charge on any atom is -0.309 e. The summed E-state index contributed by atoms with van der Waals surface area (Å²) in [6.07, 6.45) is 4.28. The summed E-state index contributed by atoms with van der Waals surface area (Å²) in [6, 6.07) is -0.0788. The van der Waals surface area contributed by atoms with Crippen molar-refractivity contribution in [3.05, 3.63) is 11.6 Å². The first-order valence-electron chi connectivity index (χ1n) is 5.36. The number of nitrogens with one attached hydrogen (secondary N) is 1. The second-order valence-electron chi connectivity index (χ2n) is 4.26. The van der Waals surface area contributed by atoms with Gasteiger partial charge in [-0.05, 0) is 33.7 Å². The summed E-state index contributed by atoms with van der Waals surface area (Å²) in [5, 5.41) is 2.88. The number of hydrogen-bond donors (Lipinski definition) is 1. The summed E-state index contributed by atoms with van der Waals surface area (Å²) < 4.78 is 22.9. The average Bonchev–Trinajstić information content (AvgIpc) is 2.09. The molecule has 0 aliphatic rings. The Balaban J connectivity index is 4.70. The minimum atomic E-state index is -2.99. The van der Waals surface area contributed by atoms with Crippen LogP contribution in [0.4, 0.5) is 0 Å². The van der Waals surface area contributed by atoms with Gasteiger partial charge in [-0.2, -0.15) is 0 Å². The third-order valence-corrected chi connectivity index (χ3v) is 3.97. The van der Waals surface area contributed by atoms with Crippen LogP contribution in [-0.2, 0) is 9.84 Å². The van der Waals surface area contributed by atoms with E-state index in [-0.39, 0.29) is 11.3 Å². The lowest BCUT2D eigenvalue weighted by Gasteiger charge is -2.21. The summed E-state index contributed by atoms with van der Waals surface area (Å²) in [5.74, 6) is 0. The second-order valence-corrected chi connectivity index (χ2v) is 6.66. The molecule has 90 valence electrons. The largest absolute Gasteiger partial charge is 0.309 e. The molecular formula is C11H23NO2S. The van der Waals surface area contributed by atoms with Crippen molar-refractivity contribution in [3.8, 4) is 0 Å². The van der Waals surface area contributed by atoms with Crippen LogP contribution in [0.2, 0.25) is 0 Å². The van der Waals surface area contributed by atoms with E-state index >= 15 is 0 Å². The molecule has 0 saturated heterocycles. The van der Waals surface area contributed by atoms with E-state index in [2.05, 4.69) is 12.2 Å². The fourth-order valence-electron chi connectivity index (χ4n) is 1.30. The standard InChI is InChI=1S/C11H23NO2S/c1-6-7-12-11(8-9(2)3)10(4)15(5,13)14/h8,10-12H,6-7H2,1-5H3. The van der Waals surface area contributed by atoms with Crippen LogP contribution >= 0.6 is 0 Å². The van der Waals surface area contributed by atoms with Gasteiger partial charge in [-0.3, -0.25) is 0 Å². The maximum Gasteiger partial charge on any atom is 0.151 e. The fraction of sp³-hybridized carbons (Fsp3) is 0.818. The number of sulfone groups is 1.